The van der Waals surface area contributed by atoms with E-state index in [1.54, 1.807) is 32.5 Å². The fourth-order valence-corrected chi connectivity index (χ4v) is 3.92. The fourth-order valence-electron chi connectivity index (χ4n) is 3.45. The first kappa shape index (κ1) is 25.9. The lowest BCUT2D eigenvalue weighted by Crippen LogP contribution is -2.46. The molecule has 0 aliphatic rings. The molecule has 3 aromatic rings. The molecule has 1 unspecified atom stereocenters. The SMILES string of the molecule is CSCCC(NC(=O)OC(C)(C)C)C(=O)Nc1oc(-c2ccccc2)c(-c2ccccc2)c1C#N. The monoisotopic (exact) mass is 491 g/mol. The molecule has 0 radical (unpaired) electrons. The average Bonchev–Trinajstić information content (AvgIpc) is 3.19. The van der Waals surface area contributed by atoms with Crippen molar-refractivity contribution in [1.82, 2.24) is 5.32 Å². The van der Waals surface area contributed by atoms with Crippen molar-refractivity contribution in [1.29, 1.82) is 5.26 Å². The molecule has 182 valence electrons. The van der Waals surface area contributed by atoms with Gasteiger partial charge in [0.1, 0.15) is 29.0 Å². The Balaban J connectivity index is 1.97. The van der Waals surface area contributed by atoms with E-state index in [0.717, 1.165) is 11.1 Å². The summed E-state index contributed by atoms with van der Waals surface area (Å²) >= 11 is 1.55. The van der Waals surface area contributed by atoms with Crippen LogP contribution in [0.15, 0.2) is 65.1 Å². The number of carbonyl (C=O) groups is 2. The summed E-state index contributed by atoms with van der Waals surface area (Å²) in [5, 5.41) is 15.4. The number of alkyl carbamates (subject to hydrolysis) is 1. The highest BCUT2D eigenvalue weighted by molar-refractivity contribution is 7.98. The molecule has 1 atom stereocenters. The summed E-state index contributed by atoms with van der Waals surface area (Å²) in [5.74, 6) is 0.663. The van der Waals surface area contributed by atoms with Crippen LogP contribution in [0.3, 0.4) is 0 Å². The summed E-state index contributed by atoms with van der Waals surface area (Å²) in [6.07, 6.45) is 1.61. The second-order valence-electron chi connectivity index (χ2n) is 8.82. The normalized spacial score (nSPS) is 11.9. The lowest BCUT2D eigenvalue weighted by molar-refractivity contribution is -0.118. The highest BCUT2D eigenvalue weighted by Gasteiger charge is 2.28. The number of nitrogens with one attached hydrogen (secondary N) is 2. The van der Waals surface area contributed by atoms with E-state index in [1.165, 1.54) is 0 Å². The van der Waals surface area contributed by atoms with Gasteiger partial charge in [-0.3, -0.25) is 10.1 Å². The standard InChI is InChI=1S/C27H29N3O4S/c1-27(2,3)34-26(32)29-21(15-16-35-4)24(31)30-25-20(17-28)22(18-11-7-5-8-12-18)23(33-25)19-13-9-6-10-14-19/h5-14,21H,15-16H2,1-4H3,(H,29,32)(H,30,31). The molecule has 2 N–H and O–H groups in total. The topological polar surface area (TPSA) is 104 Å². The summed E-state index contributed by atoms with van der Waals surface area (Å²) in [6.45, 7) is 5.26. The van der Waals surface area contributed by atoms with Crippen LogP contribution in [0, 0.1) is 11.3 Å². The molecule has 3 rings (SSSR count). The molecule has 0 aliphatic carbocycles. The van der Waals surface area contributed by atoms with Gasteiger partial charge in [-0.15, -0.1) is 0 Å². The Bertz CT molecular complexity index is 1190. The van der Waals surface area contributed by atoms with Crippen LogP contribution in [0.25, 0.3) is 22.5 Å². The van der Waals surface area contributed by atoms with Crippen molar-refractivity contribution >= 4 is 29.6 Å². The Morgan fingerprint density at radius 3 is 2.20 bits per heavy atom. The van der Waals surface area contributed by atoms with E-state index < -0.39 is 23.6 Å². The van der Waals surface area contributed by atoms with Crippen LogP contribution in [0.2, 0.25) is 0 Å². The van der Waals surface area contributed by atoms with E-state index in [1.807, 2.05) is 66.9 Å². The van der Waals surface area contributed by atoms with Crippen LogP contribution < -0.4 is 10.6 Å². The van der Waals surface area contributed by atoms with Gasteiger partial charge < -0.3 is 14.5 Å². The molecule has 0 saturated heterocycles. The minimum Gasteiger partial charge on any atom is -0.444 e. The minimum atomic E-state index is -0.866. The number of furan rings is 1. The Morgan fingerprint density at radius 2 is 1.66 bits per heavy atom. The first-order valence-corrected chi connectivity index (χ1v) is 12.6. The average molecular weight is 492 g/mol. The van der Waals surface area contributed by atoms with Gasteiger partial charge in [0.15, 0.2) is 0 Å². The maximum absolute atomic E-state index is 13.2. The van der Waals surface area contributed by atoms with Crippen LogP contribution in [0.4, 0.5) is 10.7 Å². The highest BCUT2D eigenvalue weighted by atomic mass is 32.2. The summed E-state index contributed by atoms with van der Waals surface area (Å²) in [5.41, 5.74) is 1.67. The smallest absolute Gasteiger partial charge is 0.408 e. The quantitative estimate of drug-likeness (QED) is 0.396. The predicted molar refractivity (Wildman–Crippen MR) is 139 cm³/mol. The summed E-state index contributed by atoms with van der Waals surface area (Å²) < 4.78 is 11.4. The highest BCUT2D eigenvalue weighted by Crippen LogP contribution is 2.41. The number of thioether (sulfide) groups is 1. The Hall–Kier alpha value is -3.70. The van der Waals surface area contributed by atoms with Gasteiger partial charge in [0.05, 0.1) is 0 Å². The molecule has 2 amide bonds. The third-order valence-electron chi connectivity index (χ3n) is 4.97. The second kappa shape index (κ2) is 11.6. The van der Waals surface area contributed by atoms with Gasteiger partial charge in [-0.1, -0.05) is 60.7 Å². The molecule has 7 nitrogen and oxygen atoms in total. The third kappa shape index (κ3) is 6.90. The van der Waals surface area contributed by atoms with Crippen molar-refractivity contribution < 1.29 is 18.7 Å². The van der Waals surface area contributed by atoms with Gasteiger partial charge in [-0.25, -0.2) is 4.79 Å². The molecule has 0 aliphatic heterocycles. The van der Waals surface area contributed by atoms with Crippen LogP contribution >= 0.6 is 11.8 Å². The van der Waals surface area contributed by atoms with Crippen molar-refractivity contribution in [3.05, 3.63) is 66.2 Å². The van der Waals surface area contributed by atoms with E-state index in [-0.39, 0.29) is 11.4 Å². The molecule has 0 bridgehead atoms. The lowest BCUT2D eigenvalue weighted by atomic mass is 9.98. The zero-order valence-corrected chi connectivity index (χ0v) is 21.1. The van der Waals surface area contributed by atoms with Crippen LogP contribution in [-0.2, 0) is 9.53 Å². The van der Waals surface area contributed by atoms with Gasteiger partial charge in [0, 0.05) is 11.1 Å². The molecule has 1 aromatic heterocycles. The largest absolute Gasteiger partial charge is 0.444 e. The maximum atomic E-state index is 13.2. The zero-order valence-electron chi connectivity index (χ0n) is 20.3. The lowest BCUT2D eigenvalue weighted by Gasteiger charge is -2.23. The molecule has 0 fully saturated rings. The molecule has 1 heterocycles. The molecule has 0 saturated carbocycles. The van der Waals surface area contributed by atoms with Crippen molar-refractivity contribution in [2.45, 2.75) is 38.8 Å². The number of anilines is 1. The summed E-state index contributed by atoms with van der Waals surface area (Å²) in [4.78, 5) is 25.6. The van der Waals surface area contributed by atoms with Crippen LogP contribution in [-0.4, -0.2) is 35.7 Å². The minimum absolute atomic E-state index is 0.0374. The number of benzene rings is 2. The number of amides is 2. The fraction of sp³-hybridized carbons (Fsp3) is 0.296. The van der Waals surface area contributed by atoms with Crippen molar-refractivity contribution in [2.75, 3.05) is 17.3 Å². The predicted octanol–water partition coefficient (Wildman–Crippen LogP) is 6.07. The summed E-state index contributed by atoms with van der Waals surface area (Å²) in [6, 6.07) is 20.1. The van der Waals surface area contributed by atoms with E-state index in [9.17, 15) is 14.9 Å². The van der Waals surface area contributed by atoms with E-state index in [4.69, 9.17) is 9.15 Å². The number of nitriles is 1. The molecule has 35 heavy (non-hydrogen) atoms. The number of hydrogen-bond acceptors (Lipinski definition) is 6. The number of ether oxygens (including phenoxy) is 1. The Kier molecular flexibility index (Phi) is 8.61. The van der Waals surface area contributed by atoms with Gasteiger partial charge in [-0.05, 0) is 44.8 Å². The van der Waals surface area contributed by atoms with Gasteiger partial charge >= 0.3 is 6.09 Å². The van der Waals surface area contributed by atoms with Crippen LogP contribution in [0.5, 0.6) is 0 Å². The zero-order chi connectivity index (χ0) is 25.4. The Morgan fingerprint density at radius 1 is 1.06 bits per heavy atom. The first-order chi connectivity index (χ1) is 16.7. The third-order valence-corrected chi connectivity index (χ3v) is 5.62. The number of carbonyl (C=O) groups excluding carboxylic acids is 2. The molecular formula is C27H29N3O4S. The van der Waals surface area contributed by atoms with Crippen molar-refractivity contribution in [3.63, 3.8) is 0 Å². The molecule has 8 heteroatoms. The van der Waals surface area contributed by atoms with Gasteiger partial charge in [0.25, 0.3) is 0 Å². The first-order valence-electron chi connectivity index (χ1n) is 11.2. The molecule has 2 aromatic carbocycles. The van der Waals surface area contributed by atoms with E-state index in [2.05, 4.69) is 16.7 Å². The maximum Gasteiger partial charge on any atom is 0.408 e. The Labute approximate surface area is 209 Å². The van der Waals surface area contributed by atoms with Crippen LogP contribution in [0.1, 0.15) is 32.8 Å². The number of nitrogens with zero attached hydrogens (tertiary/aromatic N) is 1. The second-order valence-corrected chi connectivity index (χ2v) is 9.81. The number of hydrogen-bond donors (Lipinski definition) is 2. The van der Waals surface area contributed by atoms with Gasteiger partial charge in [-0.2, -0.15) is 17.0 Å². The summed E-state index contributed by atoms with van der Waals surface area (Å²) in [7, 11) is 0. The van der Waals surface area contributed by atoms with E-state index >= 15 is 0 Å². The van der Waals surface area contributed by atoms with Crippen molar-refractivity contribution in [2.24, 2.45) is 0 Å². The number of rotatable bonds is 8. The molecular weight excluding hydrogens is 462 g/mol. The molecule has 0 spiro atoms. The van der Waals surface area contributed by atoms with Gasteiger partial charge in [0.2, 0.25) is 11.8 Å². The van der Waals surface area contributed by atoms with E-state index in [0.29, 0.717) is 23.5 Å². The van der Waals surface area contributed by atoms with Crippen molar-refractivity contribution in [3.8, 4) is 28.5 Å².